The van der Waals surface area contributed by atoms with Crippen molar-refractivity contribution in [2.75, 3.05) is 0 Å². The molecule has 86 valence electrons. The zero-order chi connectivity index (χ0) is 12.1. The van der Waals surface area contributed by atoms with Crippen molar-refractivity contribution in [2.45, 2.75) is 6.54 Å². The van der Waals surface area contributed by atoms with Crippen LogP contribution in [-0.2, 0) is 11.3 Å². The van der Waals surface area contributed by atoms with Crippen LogP contribution in [0.5, 0.6) is 0 Å². The third-order valence-electron chi connectivity index (χ3n) is 2.39. The van der Waals surface area contributed by atoms with Crippen molar-refractivity contribution in [3.63, 3.8) is 0 Å². The van der Waals surface area contributed by atoms with Gasteiger partial charge in [0.2, 0.25) is 0 Å². The van der Waals surface area contributed by atoms with Gasteiger partial charge in [0, 0.05) is 11.8 Å². The molecule has 0 radical (unpaired) electrons. The highest BCUT2D eigenvalue weighted by Crippen LogP contribution is 2.09. The van der Waals surface area contributed by atoms with Gasteiger partial charge in [-0.25, -0.2) is 0 Å². The largest absolute Gasteiger partial charge is 0.289 e. The number of allylic oxidation sites excluding steroid dienone is 5. The molecule has 1 aromatic carbocycles. The van der Waals surface area contributed by atoms with Crippen molar-refractivity contribution in [1.29, 1.82) is 0 Å². The van der Waals surface area contributed by atoms with Crippen LogP contribution < -0.4 is 0 Å². The molecular formula is C14H13NO2. The van der Waals surface area contributed by atoms with E-state index in [1.165, 1.54) is 12.3 Å². The number of ketones is 1. The summed E-state index contributed by atoms with van der Waals surface area (Å²) in [5, 5.41) is 10.7. The van der Waals surface area contributed by atoms with Gasteiger partial charge in [0.1, 0.15) is 0 Å². The van der Waals surface area contributed by atoms with Crippen LogP contribution in [0.25, 0.3) is 0 Å². The molecule has 3 heteroatoms. The zero-order valence-electron chi connectivity index (χ0n) is 9.28. The van der Waals surface area contributed by atoms with Crippen LogP contribution in [0.4, 0.5) is 0 Å². The van der Waals surface area contributed by atoms with Gasteiger partial charge >= 0.3 is 0 Å². The van der Waals surface area contributed by atoms with E-state index in [1.54, 1.807) is 18.2 Å². The fourth-order valence-corrected chi connectivity index (χ4v) is 1.56. The van der Waals surface area contributed by atoms with Crippen LogP contribution >= 0.6 is 0 Å². The maximum atomic E-state index is 11.4. The summed E-state index contributed by atoms with van der Waals surface area (Å²) in [6.07, 6.45) is 8.04. The molecule has 1 N–H and O–H groups in total. The summed E-state index contributed by atoms with van der Waals surface area (Å²) in [6, 6.07) is 9.57. The molecule has 0 fully saturated rings. The van der Waals surface area contributed by atoms with E-state index in [0.29, 0.717) is 12.1 Å². The van der Waals surface area contributed by atoms with E-state index >= 15 is 0 Å². The van der Waals surface area contributed by atoms with Gasteiger partial charge in [-0.3, -0.25) is 15.1 Å². The van der Waals surface area contributed by atoms with Gasteiger partial charge in [-0.15, -0.1) is 0 Å². The number of carbonyl (C=O) groups excluding carboxylic acids is 1. The fourth-order valence-electron chi connectivity index (χ4n) is 1.56. The summed E-state index contributed by atoms with van der Waals surface area (Å²) in [6.45, 7) is 0.356. The number of hydrogen-bond donors (Lipinski definition) is 1. The zero-order valence-corrected chi connectivity index (χ0v) is 9.28. The van der Waals surface area contributed by atoms with E-state index in [9.17, 15) is 10.0 Å². The van der Waals surface area contributed by atoms with Crippen molar-refractivity contribution in [1.82, 2.24) is 5.06 Å². The molecule has 0 amide bonds. The average molecular weight is 227 g/mol. The fraction of sp³-hybridized carbons (Fsp3) is 0.0714. The van der Waals surface area contributed by atoms with Crippen molar-refractivity contribution < 1.29 is 10.0 Å². The number of hydroxylamine groups is 2. The number of carbonyl (C=O) groups is 1. The van der Waals surface area contributed by atoms with E-state index < -0.39 is 0 Å². The predicted molar refractivity (Wildman–Crippen MR) is 65.1 cm³/mol. The number of benzene rings is 1. The summed E-state index contributed by atoms with van der Waals surface area (Å²) in [4.78, 5) is 11.4. The maximum absolute atomic E-state index is 11.4. The number of nitrogens with zero attached hydrogens (tertiary/aromatic N) is 1. The predicted octanol–water partition coefficient (Wildman–Crippen LogP) is 2.46. The monoisotopic (exact) mass is 227 g/mol. The minimum atomic E-state index is -0.0976. The summed E-state index contributed by atoms with van der Waals surface area (Å²) in [5.41, 5.74) is 1.46. The maximum Gasteiger partial charge on any atom is 0.187 e. The van der Waals surface area contributed by atoms with Gasteiger partial charge in [-0.05, 0) is 17.7 Å². The van der Waals surface area contributed by atoms with E-state index in [2.05, 4.69) is 0 Å². The second-order valence-electron chi connectivity index (χ2n) is 3.75. The molecule has 0 aliphatic heterocycles. The second kappa shape index (κ2) is 5.27. The Hall–Kier alpha value is -2.13. The highest BCUT2D eigenvalue weighted by atomic mass is 16.5. The number of hydrogen-bond acceptors (Lipinski definition) is 3. The van der Waals surface area contributed by atoms with Crippen LogP contribution in [-0.4, -0.2) is 16.1 Å². The lowest BCUT2D eigenvalue weighted by Gasteiger charge is -2.13. The molecule has 17 heavy (non-hydrogen) atoms. The Balaban J connectivity index is 2.04. The molecule has 0 heterocycles. The third-order valence-corrected chi connectivity index (χ3v) is 2.39. The van der Waals surface area contributed by atoms with Gasteiger partial charge in [0.25, 0.3) is 0 Å². The molecule has 0 atom stereocenters. The van der Waals surface area contributed by atoms with Crippen molar-refractivity contribution >= 4 is 5.78 Å². The Labute approximate surface area is 99.9 Å². The Morgan fingerprint density at radius 2 is 1.82 bits per heavy atom. The van der Waals surface area contributed by atoms with Crippen LogP contribution in [0.1, 0.15) is 5.56 Å². The normalized spacial score (nSPS) is 16.5. The van der Waals surface area contributed by atoms with Crippen molar-refractivity contribution in [3.05, 3.63) is 72.0 Å². The first kappa shape index (κ1) is 11.4. The summed E-state index contributed by atoms with van der Waals surface area (Å²) >= 11 is 0. The van der Waals surface area contributed by atoms with Gasteiger partial charge < -0.3 is 0 Å². The van der Waals surface area contributed by atoms with Gasteiger partial charge in [-0.2, -0.15) is 0 Å². The molecule has 1 aliphatic rings. The van der Waals surface area contributed by atoms with Crippen LogP contribution in [0.15, 0.2) is 66.4 Å². The summed E-state index contributed by atoms with van der Waals surface area (Å²) < 4.78 is 0. The Bertz CT molecular complexity index is 486. The Morgan fingerprint density at radius 1 is 1.12 bits per heavy atom. The molecule has 3 nitrogen and oxygen atoms in total. The topological polar surface area (TPSA) is 40.5 Å². The van der Waals surface area contributed by atoms with E-state index in [-0.39, 0.29) is 5.78 Å². The molecule has 1 aliphatic carbocycles. The standard InChI is InChI=1S/C14H13NO2/c16-14-9-5-4-8-13(14)11-15(17)10-12-6-2-1-3-7-12/h1-9,11,17H,10H2/b13-11-. The molecule has 0 saturated heterocycles. The molecule has 0 spiro atoms. The second-order valence-corrected chi connectivity index (χ2v) is 3.75. The quantitative estimate of drug-likeness (QED) is 0.637. The first-order valence-corrected chi connectivity index (χ1v) is 5.36. The van der Waals surface area contributed by atoms with E-state index in [4.69, 9.17) is 0 Å². The highest BCUT2D eigenvalue weighted by Gasteiger charge is 2.07. The lowest BCUT2D eigenvalue weighted by molar-refractivity contribution is -0.111. The minimum Gasteiger partial charge on any atom is -0.289 e. The molecule has 0 bridgehead atoms. The first-order valence-electron chi connectivity index (χ1n) is 5.36. The van der Waals surface area contributed by atoms with Crippen LogP contribution in [0.3, 0.4) is 0 Å². The molecule has 0 unspecified atom stereocenters. The molecule has 1 aromatic rings. The summed E-state index contributed by atoms with van der Waals surface area (Å²) in [7, 11) is 0. The van der Waals surface area contributed by atoms with E-state index in [0.717, 1.165) is 10.6 Å². The highest BCUT2D eigenvalue weighted by molar-refractivity contribution is 6.07. The molecule has 0 saturated carbocycles. The van der Waals surface area contributed by atoms with Crippen molar-refractivity contribution in [2.24, 2.45) is 0 Å². The smallest absolute Gasteiger partial charge is 0.187 e. The lowest BCUT2D eigenvalue weighted by Crippen LogP contribution is -2.14. The summed E-state index contributed by atoms with van der Waals surface area (Å²) in [5.74, 6) is -0.0976. The first-order chi connectivity index (χ1) is 8.25. The Morgan fingerprint density at radius 3 is 2.53 bits per heavy atom. The SMILES string of the molecule is O=C1C=CC=C/C1=C/N(O)Cc1ccccc1. The Kier molecular flexibility index (Phi) is 3.52. The molecule has 2 rings (SSSR count). The third kappa shape index (κ3) is 3.16. The average Bonchev–Trinajstić information content (AvgIpc) is 2.33. The molecular weight excluding hydrogens is 214 g/mol. The lowest BCUT2D eigenvalue weighted by atomic mass is 10.1. The minimum absolute atomic E-state index is 0.0976. The van der Waals surface area contributed by atoms with Crippen molar-refractivity contribution in [3.8, 4) is 0 Å². The number of rotatable bonds is 3. The van der Waals surface area contributed by atoms with Gasteiger partial charge in [0.05, 0.1) is 6.54 Å². The molecule has 0 aromatic heterocycles. The van der Waals surface area contributed by atoms with Crippen LogP contribution in [0, 0.1) is 0 Å². The van der Waals surface area contributed by atoms with Gasteiger partial charge in [0.15, 0.2) is 5.78 Å². The van der Waals surface area contributed by atoms with Crippen LogP contribution in [0.2, 0.25) is 0 Å². The van der Waals surface area contributed by atoms with E-state index in [1.807, 2.05) is 30.3 Å². The van der Waals surface area contributed by atoms with Gasteiger partial charge in [-0.1, -0.05) is 42.5 Å².